The van der Waals surface area contributed by atoms with Crippen molar-refractivity contribution in [2.75, 3.05) is 0 Å². The maximum atomic E-state index is 5.56. The van der Waals surface area contributed by atoms with Gasteiger partial charge >= 0.3 is 0 Å². The van der Waals surface area contributed by atoms with Gasteiger partial charge in [0.15, 0.2) is 0 Å². The monoisotopic (exact) mass is 221 g/mol. The summed E-state index contributed by atoms with van der Waals surface area (Å²) in [6.45, 7) is 0. The fourth-order valence-corrected chi connectivity index (χ4v) is 1.61. The van der Waals surface area contributed by atoms with Crippen molar-refractivity contribution in [3.05, 3.63) is 60.8 Å². The lowest BCUT2D eigenvalue weighted by atomic mass is 10.1. The fourth-order valence-electron chi connectivity index (χ4n) is 1.61. The first-order valence-corrected chi connectivity index (χ1v) is 5.28. The molecule has 0 saturated heterocycles. The van der Waals surface area contributed by atoms with Gasteiger partial charge in [-0.3, -0.25) is 0 Å². The molecule has 2 aromatic carbocycles. The van der Waals surface area contributed by atoms with Crippen LogP contribution in [0.2, 0.25) is 0 Å². The lowest BCUT2D eigenvalue weighted by Gasteiger charge is -2.04. The lowest BCUT2D eigenvalue weighted by molar-refractivity contribution is 0.455. The predicted molar refractivity (Wildman–Crippen MR) is 64.9 cm³/mol. The molecule has 0 N–H and O–H groups in total. The van der Waals surface area contributed by atoms with Gasteiger partial charge in [-0.05, 0) is 22.9 Å². The third kappa shape index (κ3) is 2.08. The van der Waals surface area contributed by atoms with E-state index >= 15 is 0 Å². The summed E-state index contributed by atoms with van der Waals surface area (Å²) in [5, 5.41) is 9.78. The van der Waals surface area contributed by atoms with Crippen LogP contribution in [0.25, 0.3) is 10.8 Å². The van der Waals surface area contributed by atoms with E-state index in [4.69, 9.17) is 4.74 Å². The molecule has 0 aliphatic carbocycles. The van der Waals surface area contributed by atoms with Crippen LogP contribution in [0.15, 0.2) is 54.7 Å². The Morgan fingerprint density at radius 2 is 1.88 bits per heavy atom. The molecule has 0 amide bonds. The van der Waals surface area contributed by atoms with Gasteiger partial charge in [0.25, 0.3) is 0 Å². The zero-order valence-corrected chi connectivity index (χ0v) is 9.00. The summed E-state index contributed by atoms with van der Waals surface area (Å²) in [4.78, 5) is 0. The topological polar surface area (TPSA) is 35.0 Å². The Morgan fingerprint density at radius 3 is 2.76 bits per heavy atom. The number of aromatic nitrogens is 2. The van der Waals surface area contributed by atoms with Gasteiger partial charge in [0.05, 0.1) is 0 Å². The van der Waals surface area contributed by atoms with E-state index in [1.165, 1.54) is 0 Å². The molecule has 0 unspecified atom stereocenters. The summed E-state index contributed by atoms with van der Waals surface area (Å²) in [5.74, 6) is 1.11. The average molecular weight is 221 g/mol. The minimum Gasteiger partial charge on any atom is -0.437 e. The second-order valence-electron chi connectivity index (χ2n) is 3.57. The van der Waals surface area contributed by atoms with Crippen LogP contribution in [0.3, 0.4) is 0 Å². The normalized spacial score (nSPS) is 10.4. The summed E-state index contributed by atoms with van der Waals surface area (Å²) < 4.78 is 5.56. The molecule has 3 nitrogen and oxygen atoms in total. The summed E-state index contributed by atoms with van der Waals surface area (Å²) in [6.07, 6.45) is 1.61. The maximum absolute atomic E-state index is 5.56. The molecule has 0 saturated carbocycles. The van der Waals surface area contributed by atoms with Crippen molar-refractivity contribution in [1.29, 1.82) is 0 Å². The molecule has 3 heteroatoms. The van der Waals surface area contributed by atoms with Crippen molar-refractivity contribution in [3.63, 3.8) is 0 Å². The molecule has 0 bridgehead atoms. The second kappa shape index (κ2) is 4.22. The standard InChI is InChI=1S/C14H9N2O/c1-2-5-12-10-13(8-7-11(12)4-1)17-14-6-3-9-15-16-14/h1-9H. The smallest absolute Gasteiger partial charge is 0.238 e. The predicted octanol–water partition coefficient (Wildman–Crippen LogP) is 3.22. The van der Waals surface area contributed by atoms with Crippen LogP contribution in [0.4, 0.5) is 0 Å². The molecular formula is C14H9N2O. The highest BCUT2D eigenvalue weighted by molar-refractivity contribution is 5.83. The minimum absolute atomic E-state index is 0.471. The van der Waals surface area contributed by atoms with Gasteiger partial charge < -0.3 is 4.74 Å². The number of ether oxygens (including phenoxy) is 1. The molecule has 3 rings (SSSR count). The van der Waals surface area contributed by atoms with Crippen LogP contribution in [0, 0.1) is 6.07 Å². The Balaban J connectivity index is 1.96. The number of rotatable bonds is 2. The van der Waals surface area contributed by atoms with Crippen LogP contribution in [-0.4, -0.2) is 10.2 Å². The van der Waals surface area contributed by atoms with Gasteiger partial charge in [0.2, 0.25) is 5.88 Å². The molecule has 0 aliphatic heterocycles. The Bertz CT molecular complexity index is 638. The quantitative estimate of drug-likeness (QED) is 0.666. The maximum Gasteiger partial charge on any atom is 0.238 e. The highest BCUT2D eigenvalue weighted by atomic mass is 16.5. The highest BCUT2D eigenvalue weighted by Crippen LogP contribution is 2.23. The van der Waals surface area contributed by atoms with E-state index in [-0.39, 0.29) is 0 Å². The van der Waals surface area contributed by atoms with Crippen molar-refractivity contribution >= 4 is 10.8 Å². The fraction of sp³-hybridized carbons (Fsp3) is 0. The summed E-state index contributed by atoms with van der Waals surface area (Å²) in [7, 11) is 0. The van der Waals surface area contributed by atoms with E-state index in [0.29, 0.717) is 11.6 Å². The number of nitrogens with zero attached hydrogens (tertiary/aromatic N) is 2. The van der Waals surface area contributed by atoms with Gasteiger partial charge in [0.1, 0.15) is 5.75 Å². The number of hydrogen-bond donors (Lipinski definition) is 0. The number of benzene rings is 2. The van der Waals surface area contributed by atoms with E-state index in [2.05, 4.69) is 16.3 Å². The van der Waals surface area contributed by atoms with Gasteiger partial charge in [0, 0.05) is 18.3 Å². The van der Waals surface area contributed by atoms with Crippen LogP contribution in [-0.2, 0) is 0 Å². The molecule has 1 aromatic heterocycles. The van der Waals surface area contributed by atoms with E-state index in [1.54, 1.807) is 18.3 Å². The molecule has 81 valence electrons. The largest absolute Gasteiger partial charge is 0.437 e. The minimum atomic E-state index is 0.471. The van der Waals surface area contributed by atoms with Crippen molar-refractivity contribution in [3.8, 4) is 11.6 Å². The molecule has 0 spiro atoms. The SMILES string of the molecule is [c]1c(Oc2cccnn2)ccc2ccccc12. The van der Waals surface area contributed by atoms with E-state index in [9.17, 15) is 0 Å². The van der Waals surface area contributed by atoms with Gasteiger partial charge in [-0.25, -0.2) is 0 Å². The molecule has 0 atom stereocenters. The van der Waals surface area contributed by atoms with E-state index in [1.807, 2.05) is 36.4 Å². The Morgan fingerprint density at radius 1 is 0.941 bits per heavy atom. The summed E-state index contributed by atoms with van der Waals surface area (Å²) >= 11 is 0. The second-order valence-corrected chi connectivity index (χ2v) is 3.57. The summed E-state index contributed by atoms with van der Waals surface area (Å²) in [6, 6.07) is 18.6. The first kappa shape index (κ1) is 9.78. The average Bonchev–Trinajstić information content (AvgIpc) is 2.40. The zero-order valence-electron chi connectivity index (χ0n) is 9.00. The Hall–Kier alpha value is -2.42. The molecule has 0 fully saturated rings. The summed E-state index contributed by atoms with van der Waals surface area (Å²) in [5.41, 5.74) is 0. The molecule has 0 aliphatic rings. The van der Waals surface area contributed by atoms with Gasteiger partial charge in [-0.2, -0.15) is 5.10 Å². The molecule has 1 heterocycles. The third-order valence-electron chi connectivity index (χ3n) is 2.40. The molecule has 3 aromatic rings. The molecule has 1 radical (unpaired) electrons. The van der Waals surface area contributed by atoms with E-state index < -0.39 is 0 Å². The van der Waals surface area contributed by atoms with Crippen molar-refractivity contribution in [1.82, 2.24) is 10.2 Å². The van der Waals surface area contributed by atoms with Crippen LogP contribution in [0.1, 0.15) is 0 Å². The van der Waals surface area contributed by atoms with Crippen LogP contribution >= 0.6 is 0 Å². The van der Waals surface area contributed by atoms with Crippen molar-refractivity contribution < 1.29 is 4.74 Å². The first-order chi connectivity index (χ1) is 8.42. The van der Waals surface area contributed by atoms with E-state index in [0.717, 1.165) is 10.8 Å². The third-order valence-corrected chi connectivity index (χ3v) is 2.40. The molecular weight excluding hydrogens is 212 g/mol. The van der Waals surface area contributed by atoms with Crippen LogP contribution in [0.5, 0.6) is 11.6 Å². The van der Waals surface area contributed by atoms with Crippen molar-refractivity contribution in [2.24, 2.45) is 0 Å². The zero-order chi connectivity index (χ0) is 11.5. The lowest BCUT2D eigenvalue weighted by Crippen LogP contribution is -1.89. The van der Waals surface area contributed by atoms with Gasteiger partial charge in [-0.15, -0.1) is 5.10 Å². The Kier molecular flexibility index (Phi) is 2.43. The molecule has 17 heavy (non-hydrogen) atoms. The van der Waals surface area contributed by atoms with Crippen molar-refractivity contribution in [2.45, 2.75) is 0 Å². The first-order valence-electron chi connectivity index (χ1n) is 5.28. The number of fused-ring (bicyclic) bond motifs is 1. The van der Waals surface area contributed by atoms with Gasteiger partial charge in [-0.1, -0.05) is 30.3 Å². The Labute approximate surface area is 98.7 Å². The highest BCUT2D eigenvalue weighted by Gasteiger charge is 2.00. The number of hydrogen-bond acceptors (Lipinski definition) is 3. The van der Waals surface area contributed by atoms with Crippen LogP contribution < -0.4 is 4.74 Å².